The SMILES string of the molecule is CC(C)(C)c1coc(-c2nc(-c3nc(C(C)(C)C)co3)c(Br)c(Br)c2Br)n1.[Co]. The van der Waals surface area contributed by atoms with Gasteiger partial charge in [-0.25, -0.2) is 15.0 Å². The quantitative estimate of drug-likeness (QED) is 0.302. The Morgan fingerprint density at radius 2 is 1.00 bits per heavy atom. The summed E-state index contributed by atoms with van der Waals surface area (Å²) >= 11 is 10.8. The first-order chi connectivity index (χ1) is 12.4. The summed E-state index contributed by atoms with van der Waals surface area (Å²) in [5.41, 5.74) is 2.63. The second-order valence-electron chi connectivity index (χ2n) is 8.33. The molecular weight excluding hydrogens is 601 g/mol. The first-order valence-electron chi connectivity index (χ1n) is 8.37. The molecule has 3 heterocycles. The molecule has 0 saturated carbocycles. The molecule has 0 aliphatic heterocycles. The van der Waals surface area contributed by atoms with E-state index in [0.717, 1.165) is 24.8 Å². The Morgan fingerprint density at radius 3 is 1.29 bits per heavy atom. The van der Waals surface area contributed by atoms with Gasteiger partial charge in [0.25, 0.3) is 0 Å². The van der Waals surface area contributed by atoms with Crippen molar-refractivity contribution < 1.29 is 25.6 Å². The molecule has 0 saturated heterocycles. The second kappa shape index (κ2) is 8.33. The Kier molecular flexibility index (Phi) is 7.08. The summed E-state index contributed by atoms with van der Waals surface area (Å²) in [6, 6.07) is 0. The van der Waals surface area contributed by atoms with E-state index in [1.54, 1.807) is 12.5 Å². The van der Waals surface area contributed by atoms with Crippen LogP contribution >= 0.6 is 47.8 Å². The van der Waals surface area contributed by atoms with Crippen LogP contribution in [0.15, 0.2) is 34.8 Å². The fraction of sp³-hybridized carbons (Fsp3) is 0.421. The van der Waals surface area contributed by atoms with Gasteiger partial charge in [-0.2, -0.15) is 0 Å². The van der Waals surface area contributed by atoms with E-state index in [-0.39, 0.29) is 27.6 Å². The van der Waals surface area contributed by atoms with E-state index >= 15 is 0 Å². The monoisotopic (exact) mass is 618 g/mol. The van der Waals surface area contributed by atoms with Crippen molar-refractivity contribution in [2.75, 3.05) is 0 Å². The molecule has 1 radical (unpaired) electrons. The van der Waals surface area contributed by atoms with E-state index < -0.39 is 0 Å². The van der Waals surface area contributed by atoms with E-state index in [1.165, 1.54) is 0 Å². The average molecular weight is 621 g/mol. The third-order valence-corrected chi connectivity index (χ3v) is 7.38. The van der Waals surface area contributed by atoms with Gasteiger partial charge in [0.1, 0.15) is 23.9 Å². The number of pyridine rings is 1. The van der Waals surface area contributed by atoms with Crippen LogP contribution in [0.4, 0.5) is 0 Å². The molecule has 0 N–H and O–H groups in total. The molecule has 0 aliphatic rings. The molecule has 0 atom stereocenters. The minimum Gasteiger partial charge on any atom is -0.443 e. The van der Waals surface area contributed by atoms with E-state index in [2.05, 4.69) is 99.3 Å². The summed E-state index contributed by atoms with van der Waals surface area (Å²) in [5.74, 6) is 0.868. The van der Waals surface area contributed by atoms with Gasteiger partial charge in [-0.1, -0.05) is 41.5 Å². The Morgan fingerprint density at radius 1 is 0.643 bits per heavy atom. The van der Waals surface area contributed by atoms with Crippen molar-refractivity contribution in [3.8, 4) is 23.2 Å². The third kappa shape index (κ3) is 4.64. The van der Waals surface area contributed by atoms with E-state index in [4.69, 9.17) is 13.8 Å². The maximum absolute atomic E-state index is 5.71. The molecule has 0 aromatic carbocycles. The van der Waals surface area contributed by atoms with Crippen LogP contribution in [0.3, 0.4) is 0 Å². The van der Waals surface area contributed by atoms with Gasteiger partial charge in [0.2, 0.25) is 11.8 Å². The predicted octanol–water partition coefficient (Wildman–Crippen LogP) is 7.27. The molecule has 0 spiro atoms. The van der Waals surface area contributed by atoms with Crippen LogP contribution in [0.2, 0.25) is 0 Å². The molecule has 28 heavy (non-hydrogen) atoms. The van der Waals surface area contributed by atoms with Gasteiger partial charge < -0.3 is 8.83 Å². The number of hydrogen-bond acceptors (Lipinski definition) is 5. The minimum atomic E-state index is -0.117. The van der Waals surface area contributed by atoms with Crippen LogP contribution in [0.25, 0.3) is 23.2 Å². The van der Waals surface area contributed by atoms with Gasteiger partial charge >= 0.3 is 0 Å². The Labute approximate surface area is 200 Å². The average Bonchev–Trinajstić information content (AvgIpc) is 3.21. The van der Waals surface area contributed by atoms with E-state index in [9.17, 15) is 0 Å². The number of aromatic nitrogens is 3. The van der Waals surface area contributed by atoms with Crippen molar-refractivity contribution in [1.82, 2.24) is 15.0 Å². The van der Waals surface area contributed by atoms with Crippen molar-refractivity contribution in [1.29, 1.82) is 0 Å². The van der Waals surface area contributed by atoms with E-state index in [0.29, 0.717) is 23.2 Å². The molecule has 5 nitrogen and oxygen atoms in total. The topological polar surface area (TPSA) is 65.0 Å². The summed E-state index contributed by atoms with van der Waals surface area (Å²) in [4.78, 5) is 14.0. The molecule has 9 heteroatoms. The summed E-state index contributed by atoms with van der Waals surface area (Å²) in [5, 5.41) is 0. The number of oxazole rings is 2. The van der Waals surface area contributed by atoms with E-state index in [1.807, 2.05) is 0 Å². The van der Waals surface area contributed by atoms with Gasteiger partial charge in [0.15, 0.2) is 0 Å². The maximum atomic E-state index is 5.71. The number of halogens is 3. The summed E-state index contributed by atoms with van der Waals surface area (Å²) in [6.07, 6.45) is 3.34. The van der Waals surface area contributed by atoms with Crippen LogP contribution in [0.5, 0.6) is 0 Å². The minimum absolute atomic E-state index is 0. The molecule has 3 aromatic rings. The third-order valence-electron chi connectivity index (χ3n) is 3.98. The number of hydrogen-bond donors (Lipinski definition) is 0. The molecule has 0 aliphatic carbocycles. The standard InChI is InChI=1S/C19H20Br3N3O2.Co/c1-18(2,3)9-7-26-16(23-9)14-12(21)11(20)13(22)15(25-14)17-24-10(8-27-17)19(4,5)6;/h7-8H,1-6H3;. The van der Waals surface area contributed by atoms with Crippen molar-refractivity contribution in [2.24, 2.45) is 0 Å². The van der Waals surface area contributed by atoms with Gasteiger partial charge in [-0.3, -0.25) is 0 Å². The van der Waals surface area contributed by atoms with Crippen LogP contribution < -0.4 is 0 Å². The molecule has 0 amide bonds. The fourth-order valence-electron chi connectivity index (χ4n) is 2.25. The van der Waals surface area contributed by atoms with Crippen molar-refractivity contribution >= 4 is 47.8 Å². The summed E-state index contributed by atoms with van der Waals surface area (Å²) in [7, 11) is 0. The molecule has 0 fully saturated rings. The fourth-order valence-corrected chi connectivity index (χ4v) is 3.81. The first kappa shape index (κ1) is 23.8. The second-order valence-corrected chi connectivity index (χ2v) is 10.7. The van der Waals surface area contributed by atoms with Gasteiger partial charge in [0.05, 0.1) is 24.8 Å². The van der Waals surface area contributed by atoms with Crippen LogP contribution in [0.1, 0.15) is 52.9 Å². The molecule has 153 valence electrons. The van der Waals surface area contributed by atoms with Gasteiger partial charge in [-0.05, 0) is 47.8 Å². The van der Waals surface area contributed by atoms with Gasteiger partial charge in [0, 0.05) is 27.6 Å². The molecule has 0 bridgehead atoms. The summed E-state index contributed by atoms with van der Waals surface area (Å²) < 4.78 is 13.7. The normalized spacial score (nSPS) is 12.2. The Balaban J connectivity index is 0.00000280. The Bertz CT molecular complexity index is 925. The van der Waals surface area contributed by atoms with Crippen LogP contribution in [-0.4, -0.2) is 15.0 Å². The maximum Gasteiger partial charge on any atom is 0.246 e. The van der Waals surface area contributed by atoms with Crippen molar-refractivity contribution in [3.05, 3.63) is 37.3 Å². The first-order valence-corrected chi connectivity index (χ1v) is 10.7. The zero-order valence-electron chi connectivity index (χ0n) is 16.3. The zero-order chi connectivity index (χ0) is 20.1. The van der Waals surface area contributed by atoms with Crippen LogP contribution in [-0.2, 0) is 27.6 Å². The van der Waals surface area contributed by atoms with Crippen LogP contribution in [0, 0.1) is 0 Å². The molecule has 3 aromatic heterocycles. The Hall–Kier alpha value is -0.484. The zero-order valence-corrected chi connectivity index (χ0v) is 22.1. The van der Waals surface area contributed by atoms with Crippen molar-refractivity contribution in [2.45, 2.75) is 52.4 Å². The number of nitrogens with zero attached hydrogens (tertiary/aromatic N) is 3. The molecule has 0 unspecified atom stereocenters. The van der Waals surface area contributed by atoms with Gasteiger partial charge in [-0.15, -0.1) is 0 Å². The molecule has 3 rings (SSSR count). The largest absolute Gasteiger partial charge is 0.443 e. The van der Waals surface area contributed by atoms with Crippen molar-refractivity contribution in [3.63, 3.8) is 0 Å². The summed E-state index contributed by atoms with van der Waals surface area (Å²) in [6.45, 7) is 12.5. The number of rotatable bonds is 2. The predicted molar refractivity (Wildman–Crippen MR) is 116 cm³/mol. The molecular formula is C19H20Br3CoN3O2. The smallest absolute Gasteiger partial charge is 0.246 e.